The number of nitrogens with zero attached hydrogens (tertiary/aromatic N) is 2. The molecule has 2 nitrogen and oxygen atoms in total. The van der Waals surface area contributed by atoms with Crippen molar-refractivity contribution in [3.8, 4) is 33.5 Å². The van der Waals surface area contributed by atoms with Crippen LogP contribution in [-0.4, -0.2) is 9.97 Å². The van der Waals surface area contributed by atoms with Crippen LogP contribution in [0.5, 0.6) is 0 Å². The Labute approximate surface area is 208 Å². The molecule has 0 unspecified atom stereocenters. The lowest BCUT2D eigenvalue weighted by molar-refractivity contribution is 1.34. The molecule has 2 aromatic heterocycles. The zero-order valence-corrected chi connectivity index (χ0v) is 20.1. The fraction of sp³-hybridized carbons (Fsp3) is 0.0588. The summed E-state index contributed by atoms with van der Waals surface area (Å²) in [4.78, 5) is 9.47. The number of para-hydroxylation sites is 1. The van der Waals surface area contributed by atoms with Crippen LogP contribution in [-0.2, 0) is 0 Å². The topological polar surface area (TPSA) is 25.8 Å². The Morgan fingerprint density at radius 3 is 2.28 bits per heavy atom. The molecule has 0 amide bonds. The molecule has 0 bridgehead atoms. The third-order valence-corrected chi connectivity index (χ3v) is 7.87. The van der Waals surface area contributed by atoms with Crippen LogP contribution in [0.2, 0.25) is 0 Å². The number of hydrogen-bond acceptors (Lipinski definition) is 2. The number of rotatable bonds is 1. The second-order valence-electron chi connectivity index (χ2n) is 9.95. The summed E-state index contributed by atoms with van der Waals surface area (Å²) in [7, 11) is 0. The Kier molecular flexibility index (Phi) is 3.83. The number of hydrogen-bond donors (Lipinski definition) is 0. The first kappa shape index (κ1) is 19.7. The third-order valence-electron chi connectivity index (χ3n) is 7.87. The van der Waals surface area contributed by atoms with Gasteiger partial charge >= 0.3 is 0 Å². The average molecular weight is 459 g/mol. The van der Waals surface area contributed by atoms with E-state index in [1.807, 2.05) is 18.5 Å². The average Bonchev–Trinajstić information content (AvgIpc) is 3.25. The molecule has 0 spiro atoms. The molecular weight excluding hydrogens is 436 g/mol. The fourth-order valence-electron chi connectivity index (χ4n) is 6.28. The highest BCUT2D eigenvalue weighted by molar-refractivity contribution is 6.29. The van der Waals surface area contributed by atoms with Crippen molar-refractivity contribution in [3.63, 3.8) is 0 Å². The van der Waals surface area contributed by atoms with Crippen molar-refractivity contribution in [2.45, 2.75) is 13.8 Å². The van der Waals surface area contributed by atoms with Crippen LogP contribution in [0.15, 0.2) is 97.3 Å². The minimum Gasteiger partial charge on any atom is -0.256 e. The minimum absolute atomic E-state index is 1.02. The molecule has 0 atom stereocenters. The molecule has 2 heteroatoms. The molecule has 8 rings (SSSR count). The van der Waals surface area contributed by atoms with E-state index in [1.165, 1.54) is 76.6 Å². The highest BCUT2D eigenvalue weighted by Crippen LogP contribution is 2.51. The van der Waals surface area contributed by atoms with Gasteiger partial charge in [0.05, 0.1) is 11.2 Å². The van der Waals surface area contributed by atoms with Crippen LogP contribution in [0.4, 0.5) is 0 Å². The van der Waals surface area contributed by atoms with E-state index in [9.17, 15) is 0 Å². The molecule has 0 radical (unpaired) electrons. The maximum Gasteiger partial charge on any atom is 0.0787 e. The predicted octanol–water partition coefficient (Wildman–Crippen LogP) is 9.02. The highest BCUT2D eigenvalue weighted by atomic mass is 14.7. The first-order valence-electron chi connectivity index (χ1n) is 12.4. The van der Waals surface area contributed by atoms with Gasteiger partial charge in [-0.1, -0.05) is 60.2 Å². The standard InChI is InChI=1S/C34H22N2/c1-19-9-11-21-26(16-19)27(22-13-15-35-31-8-4-3-6-23(22)31)17-29-24-12-10-20(2)32-25-7-5-14-36-34(25)30(33(24)32)18-28(21)29/h3-18H,1-2H3. The highest BCUT2D eigenvalue weighted by Gasteiger charge is 2.26. The molecule has 0 fully saturated rings. The SMILES string of the molecule is Cc1ccc2c(c1)c(-c1ccnc3ccccc13)cc1c3ccc(C)c4c3c(cc21)-c1ncccc1-4. The van der Waals surface area contributed by atoms with Gasteiger partial charge in [-0.05, 0) is 98.8 Å². The van der Waals surface area contributed by atoms with E-state index in [2.05, 4.69) is 97.7 Å². The van der Waals surface area contributed by atoms with Crippen LogP contribution >= 0.6 is 0 Å². The van der Waals surface area contributed by atoms with E-state index in [4.69, 9.17) is 4.98 Å². The van der Waals surface area contributed by atoms with Gasteiger partial charge < -0.3 is 0 Å². The van der Waals surface area contributed by atoms with Gasteiger partial charge in [0, 0.05) is 28.9 Å². The van der Waals surface area contributed by atoms with Gasteiger partial charge in [-0.3, -0.25) is 9.97 Å². The molecule has 1 aliphatic carbocycles. The Hall–Kier alpha value is -4.56. The molecule has 168 valence electrons. The Balaban J connectivity index is 1.60. The lowest BCUT2D eigenvalue weighted by Crippen LogP contribution is -1.90. The fourth-order valence-corrected chi connectivity index (χ4v) is 6.28. The summed E-state index contributed by atoms with van der Waals surface area (Å²) in [5.41, 5.74) is 11.0. The van der Waals surface area contributed by atoms with Gasteiger partial charge in [-0.25, -0.2) is 0 Å². The van der Waals surface area contributed by atoms with Gasteiger partial charge in [0.25, 0.3) is 0 Å². The Morgan fingerprint density at radius 2 is 1.33 bits per heavy atom. The summed E-state index contributed by atoms with van der Waals surface area (Å²) < 4.78 is 0. The number of pyridine rings is 2. The van der Waals surface area contributed by atoms with E-state index in [-0.39, 0.29) is 0 Å². The van der Waals surface area contributed by atoms with Gasteiger partial charge in [0.2, 0.25) is 0 Å². The van der Waals surface area contributed by atoms with Crippen molar-refractivity contribution < 1.29 is 0 Å². The summed E-state index contributed by atoms with van der Waals surface area (Å²) in [6.07, 6.45) is 3.85. The number of aryl methyl sites for hydroxylation is 2. The van der Waals surface area contributed by atoms with E-state index in [0.717, 1.165) is 11.2 Å². The van der Waals surface area contributed by atoms with E-state index >= 15 is 0 Å². The van der Waals surface area contributed by atoms with E-state index in [0.29, 0.717) is 0 Å². The first-order chi connectivity index (χ1) is 17.7. The number of fused-ring (bicyclic) bond motifs is 8. The lowest BCUT2D eigenvalue weighted by atomic mass is 9.87. The van der Waals surface area contributed by atoms with Crippen molar-refractivity contribution in [1.29, 1.82) is 0 Å². The monoisotopic (exact) mass is 458 g/mol. The second kappa shape index (κ2) is 6.99. The summed E-state index contributed by atoms with van der Waals surface area (Å²) in [5, 5.41) is 8.92. The Morgan fingerprint density at radius 1 is 0.500 bits per heavy atom. The molecule has 2 heterocycles. The number of aromatic nitrogens is 2. The summed E-state index contributed by atoms with van der Waals surface area (Å²) in [6.45, 7) is 4.38. The second-order valence-corrected chi connectivity index (χ2v) is 9.95. The molecule has 7 aromatic rings. The van der Waals surface area contributed by atoms with Crippen molar-refractivity contribution in [1.82, 2.24) is 9.97 Å². The van der Waals surface area contributed by atoms with Gasteiger partial charge in [-0.2, -0.15) is 0 Å². The molecular formula is C34H22N2. The largest absolute Gasteiger partial charge is 0.256 e. The van der Waals surface area contributed by atoms with Crippen LogP contribution in [0.1, 0.15) is 11.1 Å². The van der Waals surface area contributed by atoms with E-state index in [1.54, 1.807) is 0 Å². The molecule has 5 aromatic carbocycles. The van der Waals surface area contributed by atoms with Crippen molar-refractivity contribution in [3.05, 3.63) is 108 Å². The lowest BCUT2D eigenvalue weighted by Gasteiger charge is -2.16. The predicted molar refractivity (Wildman–Crippen MR) is 151 cm³/mol. The van der Waals surface area contributed by atoms with Gasteiger partial charge in [0.1, 0.15) is 0 Å². The zero-order valence-electron chi connectivity index (χ0n) is 20.1. The molecule has 1 aliphatic rings. The Bertz CT molecular complexity index is 2060. The quantitative estimate of drug-likeness (QED) is 0.229. The molecule has 0 aliphatic heterocycles. The maximum absolute atomic E-state index is 4.83. The molecule has 0 saturated heterocycles. The van der Waals surface area contributed by atoms with Crippen LogP contribution in [0.3, 0.4) is 0 Å². The van der Waals surface area contributed by atoms with E-state index < -0.39 is 0 Å². The van der Waals surface area contributed by atoms with Crippen LogP contribution < -0.4 is 0 Å². The normalized spacial score (nSPS) is 12.2. The van der Waals surface area contributed by atoms with Gasteiger partial charge in [0.15, 0.2) is 0 Å². The minimum atomic E-state index is 1.02. The van der Waals surface area contributed by atoms with Crippen LogP contribution in [0, 0.1) is 13.8 Å². The van der Waals surface area contributed by atoms with Crippen molar-refractivity contribution >= 4 is 43.2 Å². The summed E-state index contributed by atoms with van der Waals surface area (Å²) in [6, 6.07) is 31.1. The summed E-state index contributed by atoms with van der Waals surface area (Å²) >= 11 is 0. The molecule has 0 saturated carbocycles. The van der Waals surface area contributed by atoms with Crippen molar-refractivity contribution in [2.24, 2.45) is 0 Å². The molecule has 36 heavy (non-hydrogen) atoms. The third kappa shape index (κ3) is 2.51. The number of benzene rings is 5. The molecule has 0 N–H and O–H groups in total. The van der Waals surface area contributed by atoms with Crippen LogP contribution in [0.25, 0.3) is 76.7 Å². The van der Waals surface area contributed by atoms with Gasteiger partial charge in [-0.15, -0.1) is 0 Å². The zero-order chi connectivity index (χ0) is 24.0. The first-order valence-corrected chi connectivity index (χ1v) is 12.4. The summed E-state index contributed by atoms with van der Waals surface area (Å²) in [5.74, 6) is 0. The van der Waals surface area contributed by atoms with Crippen molar-refractivity contribution in [2.75, 3.05) is 0 Å². The smallest absolute Gasteiger partial charge is 0.0787 e. The maximum atomic E-state index is 4.83.